The van der Waals surface area contributed by atoms with Crippen LogP contribution >= 0.6 is 0 Å². The summed E-state index contributed by atoms with van der Waals surface area (Å²) in [4.78, 5) is 16.5. The fourth-order valence-corrected chi connectivity index (χ4v) is 2.18. The molecule has 0 spiro atoms. The quantitative estimate of drug-likeness (QED) is 0.819. The van der Waals surface area contributed by atoms with Crippen LogP contribution in [0.25, 0.3) is 0 Å². The van der Waals surface area contributed by atoms with Crippen LogP contribution in [-0.4, -0.2) is 47.6 Å². The molecular formula is C16H22F2N6O. The molecule has 0 radical (unpaired) electrons. The summed E-state index contributed by atoms with van der Waals surface area (Å²) in [6, 6.07) is 6.42. The summed E-state index contributed by atoms with van der Waals surface area (Å²) in [5.41, 5.74) is 6.71. The van der Waals surface area contributed by atoms with Crippen LogP contribution in [0.4, 0.5) is 20.7 Å². The van der Waals surface area contributed by atoms with E-state index in [1.54, 1.807) is 17.0 Å². The Morgan fingerprint density at radius 3 is 2.28 bits per heavy atom. The lowest BCUT2D eigenvalue weighted by molar-refractivity contribution is -0.0498. The van der Waals surface area contributed by atoms with Gasteiger partial charge in [-0.3, -0.25) is 4.90 Å². The number of aromatic nitrogens is 3. The Hall–Kier alpha value is -2.55. The van der Waals surface area contributed by atoms with Crippen LogP contribution in [-0.2, 0) is 6.54 Å². The zero-order valence-corrected chi connectivity index (χ0v) is 14.6. The highest BCUT2D eigenvalue weighted by atomic mass is 19.3. The Morgan fingerprint density at radius 1 is 1.08 bits per heavy atom. The van der Waals surface area contributed by atoms with Gasteiger partial charge < -0.3 is 15.4 Å². The minimum atomic E-state index is -2.83. The van der Waals surface area contributed by atoms with Gasteiger partial charge in [-0.1, -0.05) is 12.1 Å². The molecule has 25 heavy (non-hydrogen) atoms. The molecule has 1 unspecified atom stereocenters. The Bertz CT molecular complexity index is 696. The average Bonchev–Trinajstić information content (AvgIpc) is 2.54. The summed E-state index contributed by atoms with van der Waals surface area (Å²) in [6.45, 7) is -0.282. The molecule has 7 nitrogen and oxygen atoms in total. The average molecular weight is 352 g/mol. The smallest absolute Gasteiger partial charge is 0.387 e. The number of nitrogens with two attached hydrogens (primary N) is 1. The molecule has 2 N–H and O–H groups in total. The minimum Gasteiger partial charge on any atom is -0.435 e. The lowest BCUT2D eigenvalue weighted by Crippen LogP contribution is -2.25. The SMILES string of the molecule is CC(c1nc(N)nc(N(C)C)n1)N(C)Cc1ccc(OC(F)F)cc1. The highest BCUT2D eigenvalue weighted by Crippen LogP contribution is 2.21. The van der Waals surface area contributed by atoms with Crippen molar-refractivity contribution >= 4 is 11.9 Å². The van der Waals surface area contributed by atoms with Crippen molar-refractivity contribution in [1.29, 1.82) is 0 Å². The molecule has 0 aliphatic carbocycles. The van der Waals surface area contributed by atoms with E-state index in [1.165, 1.54) is 12.1 Å². The zero-order chi connectivity index (χ0) is 18.6. The van der Waals surface area contributed by atoms with Gasteiger partial charge in [0.25, 0.3) is 0 Å². The molecule has 9 heteroatoms. The van der Waals surface area contributed by atoms with Gasteiger partial charge >= 0.3 is 6.61 Å². The number of hydrogen-bond acceptors (Lipinski definition) is 7. The summed E-state index contributed by atoms with van der Waals surface area (Å²) < 4.78 is 28.7. The van der Waals surface area contributed by atoms with E-state index >= 15 is 0 Å². The van der Waals surface area contributed by atoms with Crippen LogP contribution in [0.5, 0.6) is 5.75 Å². The maximum Gasteiger partial charge on any atom is 0.387 e. The van der Waals surface area contributed by atoms with Crippen LogP contribution in [0.2, 0.25) is 0 Å². The molecule has 1 aromatic heterocycles. The number of ether oxygens (including phenoxy) is 1. The van der Waals surface area contributed by atoms with Gasteiger partial charge in [-0.05, 0) is 31.7 Å². The first kappa shape index (κ1) is 18.8. The Kier molecular flexibility index (Phi) is 6.02. The number of rotatable bonds is 7. The van der Waals surface area contributed by atoms with Crippen molar-refractivity contribution < 1.29 is 13.5 Å². The van der Waals surface area contributed by atoms with E-state index in [0.717, 1.165) is 5.56 Å². The number of nitrogens with zero attached hydrogens (tertiary/aromatic N) is 5. The molecule has 0 saturated heterocycles. The molecule has 0 aliphatic rings. The number of anilines is 2. The van der Waals surface area contributed by atoms with Crippen molar-refractivity contribution in [2.45, 2.75) is 26.1 Å². The molecule has 0 fully saturated rings. The molecule has 2 aromatic rings. The summed E-state index contributed by atoms with van der Waals surface area (Å²) in [7, 11) is 5.58. The predicted molar refractivity (Wildman–Crippen MR) is 91.5 cm³/mol. The molecule has 0 amide bonds. The third-order valence-corrected chi connectivity index (χ3v) is 3.67. The van der Waals surface area contributed by atoms with Crippen LogP contribution < -0.4 is 15.4 Å². The largest absolute Gasteiger partial charge is 0.435 e. The van der Waals surface area contributed by atoms with Crippen molar-refractivity contribution in [1.82, 2.24) is 19.9 Å². The highest BCUT2D eigenvalue weighted by Gasteiger charge is 2.17. The monoisotopic (exact) mass is 352 g/mol. The van der Waals surface area contributed by atoms with E-state index in [2.05, 4.69) is 19.7 Å². The van der Waals surface area contributed by atoms with Crippen molar-refractivity contribution in [2.75, 3.05) is 31.8 Å². The van der Waals surface area contributed by atoms with Gasteiger partial charge in [0.2, 0.25) is 11.9 Å². The summed E-state index contributed by atoms with van der Waals surface area (Å²) in [6.07, 6.45) is 0. The Morgan fingerprint density at radius 2 is 1.72 bits per heavy atom. The van der Waals surface area contributed by atoms with Crippen molar-refractivity contribution in [3.63, 3.8) is 0 Å². The molecule has 2 rings (SSSR count). The topological polar surface area (TPSA) is 80.4 Å². The standard InChI is InChI=1S/C16H22F2N6O/c1-10(13-20-15(19)22-16(21-13)23(2)3)24(4)9-11-5-7-12(8-6-11)25-14(17)18/h5-8,10,14H,9H2,1-4H3,(H2,19,20,21,22). The number of hydrogen-bond donors (Lipinski definition) is 1. The van der Waals surface area contributed by atoms with E-state index in [9.17, 15) is 8.78 Å². The van der Waals surface area contributed by atoms with Crippen molar-refractivity contribution in [3.8, 4) is 5.75 Å². The third-order valence-electron chi connectivity index (χ3n) is 3.67. The van der Waals surface area contributed by atoms with Gasteiger partial charge in [-0.15, -0.1) is 0 Å². The third kappa shape index (κ3) is 5.21. The van der Waals surface area contributed by atoms with Crippen LogP contribution in [0, 0.1) is 0 Å². The fraction of sp³-hybridized carbons (Fsp3) is 0.438. The molecule has 0 saturated carbocycles. The molecule has 1 aromatic carbocycles. The number of benzene rings is 1. The van der Waals surface area contributed by atoms with E-state index < -0.39 is 6.61 Å². The number of halogens is 2. The predicted octanol–water partition coefficient (Wildman–Crippen LogP) is 2.31. The van der Waals surface area contributed by atoms with Crippen LogP contribution in [0.15, 0.2) is 24.3 Å². The lowest BCUT2D eigenvalue weighted by Gasteiger charge is -2.24. The molecule has 1 atom stereocenters. The second-order valence-corrected chi connectivity index (χ2v) is 5.86. The fourth-order valence-electron chi connectivity index (χ4n) is 2.18. The number of alkyl halides is 2. The lowest BCUT2D eigenvalue weighted by atomic mass is 10.2. The van der Waals surface area contributed by atoms with Gasteiger partial charge in [0.15, 0.2) is 5.82 Å². The Labute approximate surface area is 145 Å². The second-order valence-electron chi connectivity index (χ2n) is 5.86. The van der Waals surface area contributed by atoms with Crippen LogP contribution in [0.3, 0.4) is 0 Å². The van der Waals surface area contributed by atoms with Crippen LogP contribution in [0.1, 0.15) is 24.4 Å². The van der Waals surface area contributed by atoms with E-state index in [0.29, 0.717) is 18.3 Å². The van der Waals surface area contributed by atoms with E-state index in [1.807, 2.05) is 33.0 Å². The Balaban J connectivity index is 2.08. The molecule has 1 heterocycles. The first-order valence-electron chi connectivity index (χ1n) is 7.69. The summed E-state index contributed by atoms with van der Waals surface area (Å²) >= 11 is 0. The first-order valence-corrected chi connectivity index (χ1v) is 7.69. The molecule has 136 valence electrons. The van der Waals surface area contributed by atoms with Crippen molar-refractivity contribution in [2.24, 2.45) is 0 Å². The maximum atomic E-state index is 12.2. The van der Waals surface area contributed by atoms with E-state index in [4.69, 9.17) is 5.73 Å². The first-order chi connectivity index (χ1) is 11.8. The maximum absolute atomic E-state index is 12.2. The summed E-state index contributed by atoms with van der Waals surface area (Å²) in [5.74, 6) is 1.37. The van der Waals surface area contributed by atoms with Gasteiger partial charge in [0, 0.05) is 20.6 Å². The van der Waals surface area contributed by atoms with E-state index in [-0.39, 0.29) is 17.7 Å². The van der Waals surface area contributed by atoms with Crippen molar-refractivity contribution in [3.05, 3.63) is 35.7 Å². The van der Waals surface area contributed by atoms with Gasteiger partial charge in [-0.2, -0.15) is 23.7 Å². The van der Waals surface area contributed by atoms with Gasteiger partial charge in [0.05, 0.1) is 6.04 Å². The molecule has 0 bridgehead atoms. The second kappa shape index (κ2) is 8.02. The number of nitrogen functional groups attached to an aromatic ring is 1. The molecular weight excluding hydrogens is 330 g/mol. The van der Waals surface area contributed by atoms with Gasteiger partial charge in [-0.25, -0.2) is 0 Å². The van der Waals surface area contributed by atoms with Gasteiger partial charge in [0.1, 0.15) is 5.75 Å². The normalized spacial score (nSPS) is 12.5. The minimum absolute atomic E-state index is 0.110. The zero-order valence-electron chi connectivity index (χ0n) is 14.6. The summed E-state index contributed by atoms with van der Waals surface area (Å²) in [5, 5.41) is 0. The molecule has 0 aliphatic heterocycles. The highest BCUT2D eigenvalue weighted by molar-refractivity contribution is 5.33.